The van der Waals surface area contributed by atoms with Crippen molar-refractivity contribution in [3.05, 3.63) is 35.9 Å². The maximum atomic E-state index is 9.46. The number of hydrogen-bond donors (Lipinski definition) is 2. The smallest absolute Gasteiger partial charge is 0.0776 e. The van der Waals surface area contributed by atoms with Gasteiger partial charge in [0, 0.05) is 0 Å². The summed E-state index contributed by atoms with van der Waals surface area (Å²) in [5.74, 6) is 0. The molecule has 0 spiro atoms. The molecular formula is C13H18O2. The summed E-state index contributed by atoms with van der Waals surface area (Å²) in [4.78, 5) is 0. The van der Waals surface area contributed by atoms with Crippen molar-refractivity contribution >= 4 is 0 Å². The molecular weight excluding hydrogens is 188 g/mol. The van der Waals surface area contributed by atoms with Crippen LogP contribution in [0.1, 0.15) is 24.8 Å². The second-order valence-electron chi connectivity index (χ2n) is 4.70. The summed E-state index contributed by atoms with van der Waals surface area (Å²) in [6, 6.07) is 10.4. The third kappa shape index (κ3) is 2.80. The topological polar surface area (TPSA) is 40.5 Å². The third-order valence-electron chi connectivity index (χ3n) is 3.26. The van der Waals surface area contributed by atoms with Crippen LogP contribution in [0.15, 0.2) is 30.3 Å². The standard InChI is InChI=1S/C13H18O2/c14-10-12(15)9-13(6-7-13)8-11-4-2-1-3-5-11/h1-5,12,14-15H,6-10H2. The van der Waals surface area contributed by atoms with Gasteiger partial charge in [-0.25, -0.2) is 0 Å². The average Bonchev–Trinajstić information content (AvgIpc) is 2.99. The highest BCUT2D eigenvalue weighted by molar-refractivity contribution is 5.18. The van der Waals surface area contributed by atoms with Crippen LogP contribution in [-0.4, -0.2) is 22.9 Å². The highest BCUT2D eigenvalue weighted by Gasteiger charge is 2.43. The van der Waals surface area contributed by atoms with Crippen LogP contribution in [0, 0.1) is 5.41 Å². The fraction of sp³-hybridized carbons (Fsp3) is 0.538. The van der Waals surface area contributed by atoms with Crippen molar-refractivity contribution in [2.24, 2.45) is 5.41 Å². The summed E-state index contributed by atoms with van der Waals surface area (Å²) in [6.45, 7) is -0.115. The molecule has 2 rings (SSSR count). The summed E-state index contributed by atoms with van der Waals surface area (Å²) >= 11 is 0. The molecule has 2 heteroatoms. The zero-order valence-electron chi connectivity index (χ0n) is 8.89. The van der Waals surface area contributed by atoms with Gasteiger partial charge in [0.1, 0.15) is 0 Å². The molecule has 0 amide bonds. The van der Waals surface area contributed by atoms with Crippen molar-refractivity contribution in [2.75, 3.05) is 6.61 Å². The quantitative estimate of drug-likeness (QED) is 0.770. The van der Waals surface area contributed by atoms with Crippen molar-refractivity contribution in [2.45, 2.75) is 31.8 Å². The molecule has 2 nitrogen and oxygen atoms in total. The van der Waals surface area contributed by atoms with E-state index >= 15 is 0 Å². The van der Waals surface area contributed by atoms with E-state index in [-0.39, 0.29) is 12.0 Å². The summed E-state index contributed by atoms with van der Waals surface area (Å²) in [5.41, 5.74) is 1.60. The highest BCUT2D eigenvalue weighted by atomic mass is 16.3. The fourth-order valence-corrected chi connectivity index (χ4v) is 2.22. The molecule has 82 valence electrons. The molecule has 0 saturated heterocycles. The van der Waals surface area contributed by atoms with Gasteiger partial charge in [0.05, 0.1) is 12.7 Å². The first-order valence-corrected chi connectivity index (χ1v) is 5.57. The number of benzene rings is 1. The van der Waals surface area contributed by atoms with E-state index in [1.807, 2.05) is 18.2 Å². The third-order valence-corrected chi connectivity index (χ3v) is 3.26. The number of hydrogen-bond acceptors (Lipinski definition) is 2. The van der Waals surface area contributed by atoms with Gasteiger partial charge in [-0.15, -0.1) is 0 Å². The monoisotopic (exact) mass is 206 g/mol. The van der Waals surface area contributed by atoms with Gasteiger partial charge in [0.25, 0.3) is 0 Å². The number of aliphatic hydroxyl groups excluding tert-OH is 2. The van der Waals surface area contributed by atoms with Gasteiger partial charge in [-0.1, -0.05) is 30.3 Å². The minimum absolute atomic E-state index is 0.115. The molecule has 0 heterocycles. The highest BCUT2D eigenvalue weighted by Crippen LogP contribution is 2.52. The Morgan fingerprint density at radius 2 is 1.87 bits per heavy atom. The largest absolute Gasteiger partial charge is 0.394 e. The van der Waals surface area contributed by atoms with Crippen LogP contribution >= 0.6 is 0 Å². The van der Waals surface area contributed by atoms with Gasteiger partial charge in [0.2, 0.25) is 0 Å². The molecule has 0 bridgehead atoms. The van der Waals surface area contributed by atoms with Crippen molar-refractivity contribution in [1.82, 2.24) is 0 Å². The molecule has 1 aliphatic carbocycles. The number of rotatable bonds is 5. The second kappa shape index (κ2) is 4.33. The van der Waals surface area contributed by atoms with Crippen LogP contribution in [0.25, 0.3) is 0 Å². The summed E-state index contributed by atoms with van der Waals surface area (Å²) in [6.07, 6.45) is 3.58. The Kier molecular flexibility index (Phi) is 3.08. The Morgan fingerprint density at radius 1 is 1.20 bits per heavy atom. The van der Waals surface area contributed by atoms with E-state index in [2.05, 4.69) is 12.1 Å². The molecule has 1 fully saturated rings. The van der Waals surface area contributed by atoms with Crippen LogP contribution in [-0.2, 0) is 6.42 Å². The first-order valence-electron chi connectivity index (χ1n) is 5.57. The van der Waals surface area contributed by atoms with Crippen LogP contribution in [0.2, 0.25) is 0 Å². The maximum Gasteiger partial charge on any atom is 0.0776 e. The second-order valence-corrected chi connectivity index (χ2v) is 4.70. The summed E-state index contributed by atoms with van der Waals surface area (Å²) < 4.78 is 0. The van der Waals surface area contributed by atoms with Gasteiger partial charge in [-0.2, -0.15) is 0 Å². The minimum Gasteiger partial charge on any atom is -0.394 e. The Bertz CT molecular complexity index is 304. The van der Waals surface area contributed by atoms with E-state index in [0.717, 1.165) is 12.8 Å². The molecule has 1 atom stereocenters. The molecule has 1 aromatic rings. The molecule has 1 unspecified atom stereocenters. The molecule has 0 radical (unpaired) electrons. The molecule has 1 saturated carbocycles. The van der Waals surface area contributed by atoms with Gasteiger partial charge < -0.3 is 10.2 Å². The number of aliphatic hydroxyl groups is 2. The minimum atomic E-state index is -0.545. The van der Waals surface area contributed by atoms with Gasteiger partial charge >= 0.3 is 0 Å². The average molecular weight is 206 g/mol. The Labute approximate surface area is 90.6 Å². The van der Waals surface area contributed by atoms with E-state index in [0.29, 0.717) is 0 Å². The lowest BCUT2D eigenvalue weighted by molar-refractivity contribution is 0.0699. The Hall–Kier alpha value is -0.860. The first-order chi connectivity index (χ1) is 7.24. The van der Waals surface area contributed by atoms with Gasteiger partial charge in [-0.05, 0) is 36.7 Å². The summed E-state index contributed by atoms with van der Waals surface area (Å²) in [7, 11) is 0. The van der Waals surface area contributed by atoms with Crippen LogP contribution in [0.3, 0.4) is 0 Å². The van der Waals surface area contributed by atoms with E-state index < -0.39 is 6.10 Å². The van der Waals surface area contributed by atoms with E-state index in [1.165, 1.54) is 18.4 Å². The molecule has 0 aromatic heterocycles. The van der Waals surface area contributed by atoms with E-state index in [4.69, 9.17) is 5.11 Å². The molecule has 1 aromatic carbocycles. The normalized spacial score (nSPS) is 19.9. The fourth-order valence-electron chi connectivity index (χ4n) is 2.22. The lowest BCUT2D eigenvalue weighted by Gasteiger charge is -2.17. The van der Waals surface area contributed by atoms with Crippen molar-refractivity contribution in [1.29, 1.82) is 0 Å². The van der Waals surface area contributed by atoms with E-state index in [1.54, 1.807) is 0 Å². The van der Waals surface area contributed by atoms with Crippen molar-refractivity contribution in [3.63, 3.8) is 0 Å². The zero-order chi connectivity index (χ0) is 10.7. The predicted molar refractivity (Wildman–Crippen MR) is 59.5 cm³/mol. The first kappa shape index (κ1) is 10.7. The lowest BCUT2D eigenvalue weighted by atomic mass is 9.91. The predicted octanol–water partition coefficient (Wildman–Crippen LogP) is 1.75. The molecule has 15 heavy (non-hydrogen) atoms. The van der Waals surface area contributed by atoms with Crippen LogP contribution in [0.4, 0.5) is 0 Å². The summed E-state index contributed by atoms with van der Waals surface area (Å²) in [5, 5.41) is 18.3. The lowest BCUT2D eigenvalue weighted by Crippen LogP contribution is -2.19. The maximum absolute atomic E-state index is 9.46. The van der Waals surface area contributed by atoms with E-state index in [9.17, 15) is 5.11 Å². The molecule has 1 aliphatic rings. The Balaban J connectivity index is 1.94. The van der Waals surface area contributed by atoms with Gasteiger partial charge in [-0.3, -0.25) is 0 Å². The van der Waals surface area contributed by atoms with Crippen molar-refractivity contribution < 1.29 is 10.2 Å². The molecule has 2 N–H and O–H groups in total. The Morgan fingerprint density at radius 3 is 2.40 bits per heavy atom. The van der Waals surface area contributed by atoms with Crippen molar-refractivity contribution in [3.8, 4) is 0 Å². The van der Waals surface area contributed by atoms with Crippen LogP contribution in [0.5, 0.6) is 0 Å². The SMILES string of the molecule is OCC(O)CC1(Cc2ccccc2)CC1. The molecule has 0 aliphatic heterocycles. The van der Waals surface area contributed by atoms with Crippen LogP contribution < -0.4 is 0 Å². The van der Waals surface area contributed by atoms with Gasteiger partial charge in [0.15, 0.2) is 0 Å². The zero-order valence-corrected chi connectivity index (χ0v) is 8.89.